The summed E-state index contributed by atoms with van der Waals surface area (Å²) in [5.41, 5.74) is 2.20. The van der Waals surface area contributed by atoms with Gasteiger partial charge < -0.3 is 4.90 Å². The fourth-order valence-corrected chi connectivity index (χ4v) is 2.66. The zero-order chi connectivity index (χ0) is 14.7. The van der Waals surface area contributed by atoms with Crippen molar-refractivity contribution in [3.63, 3.8) is 0 Å². The van der Waals surface area contributed by atoms with E-state index < -0.39 is 0 Å². The van der Waals surface area contributed by atoms with Crippen LogP contribution in [0.3, 0.4) is 0 Å². The van der Waals surface area contributed by atoms with Crippen LogP contribution in [0.2, 0.25) is 0 Å². The molecule has 21 heavy (non-hydrogen) atoms. The standard InChI is InChI=1S/C17H18F2N2/c18-15-3-1-14(2-4-15)13-20-9-11-21(12-10-20)17-7-5-16(19)6-8-17/h1-8H,9-13H2. The Morgan fingerprint density at radius 3 is 1.81 bits per heavy atom. The number of hydrogen-bond donors (Lipinski definition) is 0. The summed E-state index contributed by atoms with van der Waals surface area (Å²) >= 11 is 0. The molecule has 0 radical (unpaired) electrons. The zero-order valence-corrected chi connectivity index (χ0v) is 11.8. The second kappa shape index (κ2) is 6.22. The van der Waals surface area contributed by atoms with Crippen LogP contribution in [-0.2, 0) is 6.54 Å². The molecule has 0 spiro atoms. The normalized spacial score (nSPS) is 16.2. The monoisotopic (exact) mass is 288 g/mol. The van der Waals surface area contributed by atoms with Crippen molar-refractivity contribution >= 4 is 5.69 Å². The molecule has 0 amide bonds. The van der Waals surface area contributed by atoms with Gasteiger partial charge in [0, 0.05) is 38.4 Å². The average Bonchev–Trinajstić information content (AvgIpc) is 2.51. The maximum absolute atomic E-state index is 12.9. The molecule has 1 fully saturated rings. The minimum absolute atomic E-state index is 0.195. The molecule has 2 aromatic rings. The Morgan fingerprint density at radius 1 is 0.714 bits per heavy atom. The van der Waals surface area contributed by atoms with Crippen LogP contribution in [0.25, 0.3) is 0 Å². The number of piperazine rings is 1. The Labute approximate surface area is 123 Å². The van der Waals surface area contributed by atoms with Crippen molar-refractivity contribution in [2.24, 2.45) is 0 Å². The molecule has 110 valence electrons. The molecule has 1 aliphatic rings. The molecule has 4 heteroatoms. The number of benzene rings is 2. The third-order valence-electron chi connectivity index (χ3n) is 3.88. The summed E-state index contributed by atoms with van der Waals surface area (Å²) in [5.74, 6) is -0.395. The minimum atomic E-state index is -0.200. The predicted molar refractivity (Wildman–Crippen MR) is 80.3 cm³/mol. The topological polar surface area (TPSA) is 6.48 Å². The third-order valence-corrected chi connectivity index (χ3v) is 3.88. The van der Waals surface area contributed by atoms with Crippen LogP contribution in [0.1, 0.15) is 5.56 Å². The Kier molecular flexibility index (Phi) is 4.15. The SMILES string of the molecule is Fc1ccc(CN2CCN(c3ccc(F)cc3)CC2)cc1. The van der Waals surface area contributed by atoms with Gasteiger partial charge in [-0.15, -0.1) is 0 Å². The molecule has 2 aromatic carbocycles. The second-order valence-electron chi connectivity index (χ2n) is 5.37. The van der Waals surface area contributed by atoms with Gasteiger partial charge in [-0.05, 0) is 42.0 Å². The molecule has 1 heterocycles. The molecule has 3 rings (SSSR count). The summed E-state index contributed by atoms with van der Waals surface area (Å²) in [6.07, 6.45) is 0. The average molecular weight is 288 g/mol. The van der Waals surface area contributed by atoms with E-state index in [1.807, 2.05) is 24.3 Å². The number of anilines is 1. The van der Waals surface area contributed by atoms with Gasteiger partial charge in [0.05, 0.1) is 0 Å². The van der Waals surface area contributed by atoms with Crippen LogP contribution in [0.4, 0.5) is 14.5 Å². The fraction of sp³-hybridized carbons (Fsp3) is 0.294. The number of nitrogens with zero attached hydrogens (tertiary/aromatic N) is 2. The highest BCUT2D eigenvalue weighted by molar-refractivity contribution is 5.46. The summed E-state index contributed by atoms with van der Waals surface area (Å²) in [5, 5.41) is 0. The van der Waals surface area contributed by atoms with Crippen molar-refractivity contribution in [3.05, 3.63) is 65.7 Å². The molecule has 0 unspecified atom stereocenters. The van der Waals surface area contributed by atoms with Gasteiger partial charge in [0.1, 0.15) is 11.6 Å². The van der Waals surface area contributed by atoms with E-state index in [0.29, 0.717) is 0 Å². The van der Waals surface area contributed by atoms with E-state index in [1.165, 1.54) is 24.3 Å². The lowest BCUT2D eigenvalue weighted by Gasteiger charge is -2.36. The molecular weight excluding hydrogens is 270 g/mol. The maximum Gasteiger partial charge on any atom is 0.123 e. The van der Waals surface area contributed by atoms with Gasteiger partial charge in [-0.2, -0.15) is 0 Å². The van der Waals surface area contributed by atoms with Crippen molar-refractivity contribution in [3.8, 4) is 0 Å². The van der Waals surface area contributed by atoms with Gasteiger partial charge in [0.15, 0.2) is 0 Å². The van der Waals surface area contributed by atoms with Crippen molar-refractivity contribution in [2.45, 2.75) is 6.54 Å². The second-order valence-corrected chi connectivity index (χ2v) is 5.37. The molecule has 0 bridgehead atoms. The molecule has 0 N–H and O–H groups in total. The quantitative estimate of drug-likeness (QED) is 0.855. The van der Waals surface area contributed by atoms with E-state index >= 15 is 0 Å². The highest BCUT2D eigenvalue weighted by Gasteiger charge is 2.17. The highest BCUT2D eigenvalue weighted by atomic mass is 19.1. The Bertz CT molecular complexity index is 573. The summed E-state index contributed by atoms with van der Waals surface area (Å²) in [6, 6.07) is 13.3. The molecule has 1 aliphatic heterocycles. The minimum Gasteiger partial charge on any atom is -0.369 e. The number of halogens is 2. The Hall–Kier alpha value is -1.94. The van der Waals surface area contributed by atoms with Crippen LogP contribution < -0.4 is 4.90 Å². The van der Waals surface area contributed by atoms with E-state index in [2.05, 4.69) is 9.80 Å². The Morgan fingerprint density at radius 2 is 1.24 bits per heavy atom. The van der Waals surface area contributed by atoms with Crippen LogP contribution >= 0.6 is 0 Å². The van der Waals surface area contributed by atoms with E-state index in [-0.39, 0.29) is 11.6 Å². The van der Waals surface area contributed by atoms with E-state index in [0.717, 1.165) is 44.0 Å². The summed E-state index contributed by atoms with van der Waals surface area (Å²) < 4.78 is 25.8. The molecular formula is C17H18F2N2. The van der Waals surface area contributed by atoms with Gasteiger partial charge in [-0.25, -0.2) is 8.78 Å². The van der Waals surface area contributed by atoms with E-state index in [4.69, 9.17) is 0 Å². The molecule has 0 atom stereocenters. The first-order valence-electron chi connectivity index (χ1n) is 7.18. The molecule has 0 aliphatic carbocycles. The lowest BCUT2D eigenvalue weighted by Crippen LogP contribution is -2.45. The van der Waals surface area contributed by atoms with Gasteiger partial charge in [0.2, 0.25) is 0 Å². The lowest BCUT2D eigenvalue weighted by molar-refractivity contribution is 0.250. The van der Waals surface area contributed by atoms with Crippen molar-refractivity contribution in [1.29, 1.82) is 0 Å². The van der Waals surface area contributed by atoms with E-state index in [1.54, 1.807) is 0 Å². The van der Waals surface area contributed by atoms with Crippen molar-refractivity contribution in [1.82, 2.24) is 4.90 Å². The zero-order valence-electron chi connectivity index (χ0n) is 11.8. The molecule has 0 aromatic heterocycles. The highest BCUT2D eigenvalue weighted by Crippen LogP contribution is 2.18. The van der Waals surface area contributed by atoms with Crippen LogP contribution in [0.15, 0.2) is 48.5 Å². The fourth-order valence-electron chi connectivity index (χ4n) is 2.66. The van der Waals surface area contributed by atoms with Gasteiger partial charge in [-0.3, -0.25) is 4.90 Å². The first-order valence-corrected chi connectivity index (χ1v) is 7.18. The smallest absolute Gasteiger partial charge is 0.123 e. The van der Waals surface area contributed by atoms with Gasteiger partial charge in [-0.1, -0.05) is 12.1 Å². The van der Waals surface area contributed by atoms with Crippen molar-refractivity contribution < 1.29 is 8.78 Å². The maximum atomic E-state index is 12.9. The van der Waals surface area contributed by atoms with Crippen LogP contribution in [-0.4, -0.2) is 31.1 Å². The van der Waals surface area contributed by atoms with E-state index in [9.17, 15) is 8.78 Å². The number of hydrogen-bond acceptors (Lipinski definition) is 2. The summed E-state index contributed by atoms with van der Waals surface area (Å²) in [4.78, 5) is 4.62. The number of rotatable bonds is 3. The van der Waals surface area contributed by atoms with Gasteiger partial charge >= 0.3 is 0 Å². The predicted octanol–water partition coefficient (Wildman–Crippen LogP) is 3.29. The van der Waals surface area contributed by atoms with Crippen LogP contribution in [0.5, 0.6) is 0 Å². The first kappa shape index (κ1) is 14.0. The Balaban J connectivity index is 1.55. The summed E-state index contributed by atoms with van der Waals surface area (Å²) in [6.45, 7) is 4.60. The van der Waals surface area contributed by atoms with Crippen molar-refractivity contribution in [2.75, 3.05) is 31.1 Å². The summed E-state index contributed by atoms with van der Waals surface area (Å²) in [7, 11) is 0. The molecule has 1 saturated heterocycles. The molecule has 2 nitrogen and oxygen atoms in total. The third kappa shape index (κ3) is 3.58. The van der Waals surface area contributed by atoms with Crippen LogP contribution in [0, 0.1) is 11.6 Å². The first-order chi connectivity index (χ1) is 10.2. The lowest BCUT2D eigenvalue weighted by atomic mass is 10.2. The van der Waals surface area contributed by atoms with Gasteiger partial charge in [0.25, 0.3) is 0 Å². The molecule has 0 saturated carbocycles. The largest absolute Gasteiger partial charge is 0.369 e.